The molecule has 1 heterocycles. The molecule has 0 saturated carbocycles. The average molecular weight is 266 g/mol. The second kappa shape index (κ2) is 3.62. The van der Waals surface area contributed by atoms with Crippen molar-refractivity contribution in [3.8, 4) is 0 Å². The van der Waals surface area contributed by atoms with Crippen LogP contribution < -0.4 is 0 Å². The quantitative estimate of drug-likeness (QED) is 0.783. The molecule has 1 aromatic heterocycles. The molecule has 1 aromatic carbocycles. The number of rotatable bonds is 2. The van der Waals surface area contributed by atoms with E-state index >= 15 is 0 Å². The van der Waals surface area contributed by atoms with Crippen LogP contribution in [0.5, 0.6) is 0 Å². The molecule has 0 aliphatic carbocycles. The number of carbonyl (C=O) groups is 2. The van der Waals surface area contributed by atoms with E-state index in [9.17, 15) is 9.59 Å². The van der Waals surface area contributed by atoms with Crippen LogP contribution in [-0.4, -0.2) is 17.1 Å². The third-order valence-corrected chi connectivity index (χ3v) is 3.15. The van der Waals surface area contributed by atoms with Gasteiger partial charge < -0.3 is 4.57 Å². The van der Waals surface area contributed by atoms with Gasteiger partial charge in [-0.15, -0.1) is 0 Å². The van der Waals surface area contributed by atoms with E-state index in [1.165, 1.54) is 0 Å². The van der Waals surface area contributed by atoms with Crippen LogP contribution in [0.25, 0.3) is 10.9 Å². The molecule has 4 heteroatoms. The van der Waals surface area contributed by atoms with Crippen molar-refractivity contribution in [3.63, 3.8) is 0 Å². The van der Waals surface area contributed by atoms with Crippen molar-refractivity contribution in [2.45, 2.75) is 0 Å². The molecular weight excluding hydrogens is 258 g/mol. The number of benzene rings is 1. The van der Waals surface area contributed by atoms with Gasteiger partial charge in [-0.25, -0.2) is 0 Å². The fourth-order valence-corrected chi connectivity index (χ4v) is 2.33. The summed E-state index contributed by atoms with van der Waals surface area (Å²) in [5.74, 6) is 0. The summed E-state index contributed by atoms with van der Waals surface area (Å²) in [6.07, 6.45) is 1.42. The van der Waals surface area contributed by atoms with Crippen molar-refractivity contribution in [2.24, 2.45) is 7.05 Å². The Kier molecular flexibility index (Phi) is 2.44. The van der Waals surface area contributed by atoms with Gasteiger partial charge in [0.2, 0.25) is 0 Å². The summed E-state index contributed by atoms with van der Waals surface area (Å²) in [6, 6.07) is 5.60. The van der Waals surface area contributed by atoms with Crippen LogP contribution in [0.15, 0.2) is 22.7 Å². The number of fused-ring (bicyclic) bond motifs is 1. The standard InChI is InChI=1S/C11H8BrNO2/c1-13-9-4-2-3-8(12)11(9)7(5-14)10(13)6-15/h2-6H,1H3. The molecule has 0 bridgehead atoms. The minimum atomic E-state index is 0.409. The molecule has 2 rings (SSSR count). The molecular formula is C11H8BrNO2. The Bertz CT molecular complexity index is 557. The summed E-state index contributed by atoms with van der Waals surface area (Å²) in [5, 5.41) is 0.789. The smallest absolute Gasteiger partial charge is 0.167 e. The lowest BCUT2D eigenvalue weighted by Gasteiger charge is -1.97. The Morgan fingerprint density at radius 3 is 2.60 bits per heavy atom. The largest absolute Gasteiger partial charge is 0.341 e. The van der Waals surface area contributed by atoms with E-state index in [1.54, 1.807) is 11.6 Å². The molecule has 0 saturated heterocycles. The normalized spacial score (nSPS) is 10.5. The summed E-state index contributed by atoms with van der Waals surface area (Å²) in [4.78, 5) is 21.9. The van der Waals surface area contributed by atoms with Crippen molar-refractivity contribution >= 4 is 39.4 Å². The summed E-state index contributed by atoms with van der Waals surface area (Å²) >= 11 is 3.38. The minimum absolute atomic E-state index is 0.409. The van der Waals surface area contributed by atoms with Gasteiger partial charge in [0.15, 0.2) is 12.6 Å². The first kappa shape index (κ1) is 10.1. The first-order chi connectivity index (χ1) is 7.20. The third kappa shape index (κ3) is 1.33. The first-order valence-electron chi connectivity index (χ1n) is 4.38. The SMILES string of the molecule is Cn1c(C=O)c(C=O)c2c(Br)cccc21. The van der Waals surface area contributed by atoms with E-state index in [1.807, 2.05) is 18.2 Å². The number of aldehydes is 2. The number of aromatic nitrogens is 1. The fraction of sp³-hybridized carbons (Fsp3) is 0.0909. The van der Waals surface area contributed by atoms with Crippen molar-refractivity contribution in [1.82, 2.24) is 4.57 Å². The van der Waals surface area contributed by atoms with Crippen molar-refractivity contribution in [2.75, 3.05) is 0 Å². The molecule has 0 atom stereocenters. The van der Waals surface area contributed by atoms with Crippen LogP contribution in [0.1, 0.15) is 20.8 Å². The number of nitrogens with zero attached hydrogens (tertiary/aromatic N) is 1. The van der Waals surface area contributed by atoms with E-state index in [4.69, 9.17) is 0 Å². The van der Waals surface area contributed by atoms with Crippen LogP contribution in [0.4, 0.5) is 0 Å². The summed E-state index contributed by atoms with van der Waals surface area (Å²) in [5.41, 5.74) is 1.72. The second-order valence-corrected chi connectivity index (χ2v) is 4.08. The molecule has 0 unspecified atom stereocenters. The molecule has 0 spiro atoms. The Morgan fingerprint density at radius 1 is 1.27 bits per heavy atom. The summed E-state index contributed by atoms with van der Waals surface area (Å²) < 4.78 is 2.54. The van der Waals surface area contributed by atoms with Gasteiger partial charge in [0.25, 0.3) is 0 Å². The van der Waals surface area contributed by atoms with Crippen LogP contribution >= 0.6 is 15.9 Å². The Hall–Kier alpha value is -1.42. The molecule has 76 valence electrons. The second-order valence-electron chi connectivity index (χ2n) is 3.23. The van der Waals surface area contributed by atoms with E-state index < -0.39 is 0 Å². The number of aryl methyl sites for hydroxylation is 1. The zero-order valence-electron chi connectivity index (χ0n) is 8.03. The monoisotopic (exact) mass is 265 g/mol. The minimum Gasteiger partial charge on any atom is -0.341 e. The predicted octanol–water partition coefficient (Wildman–Crippen LogP) is 2.57. The number of hydrogen-bond acceptors (Lipinski definition) is 2. The van der Waals surface area contributed by atoms with Crippen LogP contribution in [0, 0.1) is 0 Å². The predicted molar refractivity (Wildman–Crippen MR) is 61.4 cm³/mol. The molecule has 0 aliphatic heterocycles. The van der Waals surface area contributed by atoms with Gasteiger partial charge in [0.05, 0.1) is 16.8 Å². The lowest BCUT2D eigenvalue weighted by atomic mass is 10.1. The molecule has 3 nitrogen and oxygen atoms in total. The summed E-state index contributed by atoms with van der Waals surface area (Å²) in [6.45, 7) is 0. The highest BCUT2D eigenvalue weighted by atomic mass is 79.9. The molecule has 0 aliphatic rings. The molecule has 2 aromatic rings. The van der Waals surface area contributed by atoms with Gasteiger partial charge in [0, 0.05) is 16.9 Å². The lowest BCUT2D eigenvalue weighted by molar-refractivity contribution is 0.109. The lowest BCUT2D eigenvalue weighted by Crippen LogP contribution is -1.96. The van der Waals surface area contributed by atoms with Gasteiger partial charge in [-0.05, 0) is 12.1 Å². The highest BCUT2D eigenvalue weighted by Gasteiger charge is 2.15. The Morgan fingerprint density at radius 2 is 2.00 bits per heavy atom. The molecule has 0 radical (unpaired) electrons. The number of carbonyl (C=O) groups excluding carboxylic acids is 2. The third-order valence-electron chi connectivity index (χ3n) is 2.49. The maximum Gasteiger partial charge on any atom is 0.167 e. The van der Waals surface area contributed by atoms with E-state index in [-0.39, 0.29) is 0 Å². The van der Waals surface area contributed by atoms with Gasteiger partial charge in [-0.1, -0.05) is 22.0 Å². The highest BCUT2D eigenvalue weighted by Crippen LogP contribution is 2.29. The van der Waals surface area contributed by atoms with Gasteiger partial charge in [-0.3, -0.25) is 9.59 Å². The molecule has 15 heavy (non-hydrogen) atoms. The van der Waals surface area contributed by atoms with Crippen molar-refractivity contribution in [3.05, 3.63) is 33.9 Å². The zero-order valence-corrected chi connectivity index (χ0v) is 9.61. The van der Waals surface area contributed by atoms with Crippen LogP contribution in [-0.2, 0) is 7.05 Å². The highest BCUT2D eigenvalue weighted by molar-refractivity contribution is 9.10. The van der Waals surface area contributed by atoms with Crippen molar-refractivity contribution in [1.29, 1.82) is 0 Å². The van der Waals surface area contributed by atoms with Crippen molar-refractivity contribution < 1.29 is 9.59 Å². The van der Waals surface area contributed by atoms with E-state index in [2.05, 4.69) is 15.9 Å². The molecule has 0 fully saturated rings. The van der Waals surface area contributed by atoms with E-state index in [0.29, 0.717) is 17.5 Å². The fourth-order valence-electron chi connectivity index (χ4n) is 1.76. The van der Waals surface area contributed by atoms with Gasteiger partial charge in [-0.2, -0.15) is 0 Å². The molecule has 0 amide bonds. The van der Waals surface area contributed by atoms with Crippen LogP contribution in [0.2, 0.25) is 0 Å². The Balaban J connectivity index is 3.04. The number of halogens is 1. The van der Waals surface area contributed by atoms with Gasteiger partial charge in [0.1, 0.15) is 0 Å². The Labute approximate surface area is 94.8 Å². The summed E-state index contributed by atoms with van der Waals surface area (Å²) in [7, 11) is 1.77. The maximum atomic E-state index is 11.0. The maximum absolute atomic E-state index is 11.0. The average Bonchev–Trinajstić information content (AvgIpc) is 2.53. The van der Waals surface area contributed by atoms with Crippen LogP contribution in [0.3, 0.4) is 0 Å². The first-order valence-corrected chi connectivity index (χ1v) is 5.17. The van der Waals surface area contributed by atoms with E-state index in [0.717, 1.165) is 21.7 Å². The number of hydrogen-bond donors (Lipinski definition) is 0. The van der Waals surface area contributed by atoms with Gasteiger partial charge >= 0.3 is 0 Å². The topological polar surface area (TPSA) is 39.1 Å². The zero-order chi connectivity index (χ0) is 11.0. The molecule has 0 N–H and O–H groups in total.